The first-order valence-corrected chi connectivity index (χ1v) is 8.21. The van der Waals surface area contributed by atoms with Crippen molar-refractivity contribution in [1.82, 2.24) is 4.90 Å². The first kappa shape index (κ1) is 15.3. The van der Waals surface area contributed by atoms with Gasteiger partial charge in [0.1, 0.15) is 0 Å². The molecule has 1 saturated carbocycles. The standard InChI is InChI=1S/C15H22BrClN2/c1-2-7-19(10-11-3-4-11)15(9-18)13-8-12(17)5-6-14(13)16/h5-6,8,11,15H,2-4,7,9-10,18H2,1H3. The molecule has 0 bridgehead atoms. The van der Waals surface area contributed by atoms with Crippen molar-refractivity contribution >= 4 is 27.5 Å². The quantitative estimate of drug-likeness (QED) is 0.801. The van der Waals surface area contributed by atoms with Crippen LogP contribution in [-0.2, 0) is 0 Å². The zero-order chi connectivity index (χ0) is 13.8. The third kappa shape index (κ3) is 4.19. The minimum atomic E-state index is 0.258. The fourth-order valence-electron chi connectivity index (χ4n) is 2.54. The van der Waals surface area contributed by atoms with Gasteiger partial charge in [-0.25, -0.2) is 0 Å². The molecule has 1 aliphatic carbocycles. The van der Waals surface area contributed by atoms with E-state index in [0.717, 1.165) is 34.9 Å². The number of hydrogen-bond donors (Lipinski definition) is 1. The Labute approximate surface area is 129 Å². The van der Waals surface area contributed by atoms with E-state index in [9.17, 15) is 0 Å². The van der Waals surface area contributed by atoms with Gasteiger partial charge in [0.25, 0.3) is 0 Å². The Hall–Kier alpha value is -0.0900. The molecule has 4 heteroatoms. The SMILES string of the molecule is CCCN(CC1CC1)C(CN)c1cc(Cl)ccc1Br. The summed E-state index contributed by atoms with van der Waals surface area (Å²) < 4.78 is 1.10. The number of nitrogens with two attached hydrogens (primary N) is 1. The summed E-state index contributed by atoms with van der Waals surface area (Å²) in [6.07, 6.45) is 3.89. The van der Waals surface area contributed by atoms with Crippen LogP contribution in [0.2, 0.25) is 5.02 Å². The average Bonchev–Trinajstić information content (AvgIpc) is 3.18. The highest BCUT2D eigenvalue weighted by Gasteiger charge is 2.28. The summed E-state index contributed by atoms with van der Waals surface area (Å²) in [6.45, 7) is 5.11. The highest BCUT2D eigenvalue weighted by molar-refractivity contribution is 9.10. The highest BCUT2D eigenvalue weighted by atomic mass is 79.9. The minimum absolute atomic E-state index is 0.258. The van der Waals surface area contributed by atoms with E-state index in [1.165, 1.54) is 18.4 Å². The molecule has 19 heavy (non-hydrogen) atoms. The maximum atomic E-state index is 6.14. The van der Waals surface area contributed by atoms with E-state index in [1.54, 1.807) is 0 Å². The topological polar surface area (TPSA) is 29.3 Å². The molecule has 1 aliphatic rings. The van der Waals surface area contributed by atoms with Crippen LogP contribution in [0.5, 0.6) is 0 Å². The van der Waals surface area contributed by atoms with Gasteiger partial charge in [0.05, 0.1) is 0 Å². The molecule has 2 N–H and O–H groups in total. The van der Waals surface area contributed by atoms with E-state index >= 15 is 0 Å². The van der Waals surface area contributed by atoms with Crippen LogP contribution < -0.4 is 5.73 Å². The Morgan fingerprint density at radius 1 is 1.47 bits per heavy atom. The van der Waals surface area contributed by atoms with Crippen LogP contribution in [0.25, 0.3) is 0 Å². The summed E-state index contributed by atoms with van der Waals surface area (Å²) in [4.78, 5) is 2.52. The van der Waals surface area contributed by atoms with Crippen LogP contribution >= 0.6 is 27.5 Å². The Morgan fingerprint density at radius 2 is 2.21 bits per heavy atom. The molecule has 0 amide bonds. The van der Waals surface area contributed by atoms with Crippen molar-refractivity contribution < 1.29 is 0 Å². The van der Waals surface area contributed by atoms with E-state index in [1.807, 2.05) is 18.2 Å². The number of halogens is 2. The normalized spacial score (nSPS) is 16.9. The molecule has 0 aromatic heterocycles. The third-order valence-corrected chi connectivity index (χ3v) is 4.64. The van der Waals surface area contributed by atoms with Crippen molar-refractivity contribution in [2.75, 3.05) is 19.6 Å². The van der Waals surface area contributed by atoms with Crippen LogP contribution in [-0.4, -0.2) is 24.5 Å². The largest absolute Gasteiger partial charge is 0.329 e. The molecule has 0 aliphatic heterocycles. The summed E-state index contributed by atoms with van der Waals surface area (Å²) in [5, 5.41) is 0.777. The van der Waals surface area contributed by atoms with Gasteiger partial charge in [-0.05, 0) is 55.5 Å². The van der Waals surface area contributed by atoms with Crippen LogP contribution in [0.1, 0.15) is 37.8 Å². The number of nitrogens with zero attached hydrogens (tertiary/aromatic N) is 1. The molecule has 2 rings (SSSR count). The summed E-state index contributed by atoms with van der Waals surface area (Å²) in [7, 11) is 0. The lowest BCUT2D eigenvalue weighted by atomic mass is 10.0. The van der Waals surface area contributed by atoms with Gasteiger partial charge in [-0.1, -0.05) is 34.5 Å². The summed E-state index contributed by atoms with van der Waals surface area (Å²) in [6, 6.07) is 6.22. The highest BCUT2D eigenvalue weighted by Crippen LogP contribution is 2.35. The number of rotatable bonds is 7. The van der Waals surface area contributed by atoms with E-state index in [4.69, 9.17) is 17.3 Å². The lowest BCUT2D eigenvalue weighted by Gasteiger charge is -2.32. The second kappa shape index (κ2) is 7.07. The van der Waals surface area contributed by atoms with Crippen molar-refractivity contribution in [2.24, 2.45) is 11.7 Å². The Balaban J connectivity index is 2.21. The molecule has 106 valence electrons. The predicted molar refractivity (Wildman–Crippen MR) is 85.5 cm³/mol. The van der Waals surface area contributed by atoms with Crippen molar-refractivity contribution in [3.05, 3.63) is 33.3 Å². The first-order chi connectivity index (χ1) is 9.15. The molecule has 1 aromatic carbocycles. The summed E-state index contributed by atoms with van der Waals surface area (Å²) in [5.41, 5.74) is 7.26. The molecular formula is C15H22BrClN2. The Bertz CT molecular complexity index is 421. The molecule has 0 saturated heterocycles. The molecule has 2 nitrogen and oxygen atoms in total. The zero-order valence-corrected chi connectivity index (χ0v) is 13.8. The fraction of sp³-hybridized carbons (Fsp3) is 0.600. The maximum absolute atomic E-state index is 6.14. The van der Waals surface area contributed by atoms with Gasteiger partial charge in [0.15, 0.2) is 0 Å². The number of hydrogen-bond acceptors (Lipinski definition) is 2. The summed E-state index contributed by atoms with van der Waals surface area (Å²) in [5.74, 6) is 0.874. The predicted octanol–water partition coefficient (Wildman–Crippen LogP) is 4.22. The molecule has 1 aromatic rings. The Morgan fingerprint density at radius 3 is 2.79 bits per heavy atom. The van der Waals surface area contributed by atoms with Gasteiger partial charge in [-0.2, -0.15) is 0 Å². The van der Waals surface area contributed by atoms with Crippen LogP contribution in [0.3, 0.4) is 0 Å². The smallest absolute Gasteiger partial charge is 0.0482 e. The van der Waals surface area contributed by atoms with E-state index in [0.29, 0.717) is 6.54 Å². The van der Waals surface area contributed by atoms with Gasteiger partial charge in [-0.3, -0.25) is 4.90 Å². The van der Waals surface area contributed by atoms with Gasteiger partial charge < -0.3 is 5.73 Å². The summed E-state index contributed by atoms with van der Waals surface area (Å²) >= 11 is 9.77. The molecule has 0 radical (unpaired) electrons. The maximum Gasteiger partial charge on any atom is 0.0482 e. The van der Waals surface area contributed by atoms with Crippen LogP contribution in [0, 0.1) is 5.92 Å². The first-order valence-electron chi connectivity index (χ1n) is 7.04. The molecule has 1 atom stereocenters. The van der Waals surface area contributed by atoms with Crippen molar-refractivity contribution in [3.8, 4) is 0 Å². The van der Waals surface area contributed by atoms with Crippen molar-refractivity contribution in [3.63, 3.8) is 0 Å². The van der Waals surface area contributed by atoms with E-state index in [-0.39, 0.29) is 6.04 Å². The van der Waals surface area contributed by atoms with Crippen LogP contribution in [0.4, 0.5) is 0 Å². The van der Waals surface area contributed by atoms with Gasteiger partial charge in [0.2, 0.25) is 0 Å². The van der Waals surface area contributed by atoms with E-state index < -0.39 is 0 Å². The zero-order valence-electron chi connectivity index (χ0n) is 11.4. The Kier molecular flexibility index (Phi) is 5.70. The molecule has 1 fully saturated rings. The number of benzene rings is 1. The minimum Gasteiger partial charge on any atom is -0.329 e. The average molecular weight is 346 g/mol. The lowest BCUT2D eigenvalue weighted by molar-refractivity contribution is 0.193. The van der Waals surface area contributed by atoms with E-state index in [2.05, 4.69) is 27.8 Å². The van der Waals surface area contributed by atoms with Crippen LogP contribution in [0.15, 0.2) is 22.7 Å². The molecular weight excluding hydrogens is 324 g/mol. The van der Waals surface area contributed by atoms with Crippen molar-refractivity contribution in [2.45, 2.75) is 32.2 Å². The van der Waals surface area contributed by atoms with Gasteiger partial charge >= 0.3 is 0 Å². The molecule has 1 unspecified atom stereocenters. The molecule has 0 spiro atoms. The van der Waals surface area contributed by atoms with Gasteiger partial charge in [0, 0.05) is 28.6 Å². The second-order valence-electron chi connectivity index (χ2n) is 5.36. The molecule has 0 heterocycles. The third-order valence-electron chi connectivity index (χ3n) is 3.68. The van der Waals surface area contributed by atoms with Crippen molar-refractivity contribution in [1.29, 1.82) is 0 Å². The fourth-order valence-corrected chi connectivity index (χ4v) is 3.23. The second-order valence-corrected chi connectivity index (χ2v) is 6.65. The monoisotopic (exact) mass is 344 g/mol. The van der Waals surface area contributed by atoms with Gasteiger partial charge in [-0.15, -0.1) is 0 Å². The lowest BCUT2D eigenvalue weighted by Crippen LogP contribution is -2.36.